The summed E-state index contributed by atoms with van der Waals surface area (Å²) in [6.45, 7) is 0. The quantitative estimate of drug-likeness (QED) is 0.156. The van der Waals surface area contributed by atoms with Gasteiger partial charge >= 0.3 is 0 Å². The van der Waals surface area contributed by atoms with Crippen molar-refractivity contribution in [3.8, 4) is 0 Å². The fourth-order valence-electron chi connectivity index (χ4n) is 7.50. The van der Waals surface area contributed by atoms with Crippen molar-refractivity contribution in [1.29, 1.82) is 0 Å². The SMILES string of the molecule is O=c1c2ccc3c4ccc5c(=O)n6c7cc(F)cnc7nc6c6ccc(c7ccc(c2c37)c2nc3ncc(F)cc3n12)c4c56. The molecule has 11 aromatic rings. The van der Waals surface area contributed by atoms with Gasteiger partial charge < -0.3 is 0 Å². The largest absolute Gasteiger partial charge is 0.268 e. The number of nitrogens with zero attached hydrogens (tertiary/aromatic N) is 6. The summed E-state index contributed by atoms with van der Waals surface area (Å²) >= 11 is 0. The van der Waals surface area contributed by atoms with Crippen LogP contribution in [0.2, 0.25) is 0 Å². The summed E-state index contributed by atoms with van der Waals surface area (Å²) in [6, 6.07) is 18.0. The van der Waals surface area contributed by atoms with E-state index in [1.54, 1.807) is 12.1 Å². The van der Waals surface area contributed by atoms with Crippen LogP contribution in [0.4, 0.5) is 8.78 Å². The third-order valence-corrected chi connectivity index (χ3v) is 9.21. The molecule has 0 saturated carbocycles. The van der Waals surface area contributed by atoms with Crippen molar-refractivity contribution in [2.75, 3.05) is 0 Å². The number of benzene rings is 5. The molecule has 0 unspecified atom stereocenters. The van der Waals surface area contributed by atoms with Gasteiger partial charge in [0.15, 0.2) is 22.6 Å². The lowest BCUT2D eigenvalue weighted by Crippen LogP contribution is -2.14. The van der Waals surface area contributed by atoms with Gasteiger partial charge in [-0.3, -0.25) is 18.4 Å². The second-order valence-electron chi connectivity index (χ2n) is 11.3. The molecule has 11 rings (SSSR count). The van der Waals surface area contributed by atoms with Crippen LogP contribution in [0, 0.1) is 11.6 Å². The maximum atomic E-state index is 14.1. The van der Waals surface area contributed by atoms with E-state index in [2.05, 4.69) is 19.9 Å². The molecule has 8 nitrogen and oxygen atoms in total. The summed E-state index contributed by atoms with van der Waals surface area (Å²) in [5, 5.41) is 9.59. The molecule has 0 spiro atoms. The third-order valence-electron chi connectivity index (χ3n) is 9.21. The predicted octanol–water partition coefficient (Wildman–Crippen LogP) is 6.31. The van der Waals surface area contributed by atoms with E-state index < -0.39 is 11.6 Å². The van der Waals surface area contributed by atoms with Gasteiger partial charge in [0.2, 0.25) is 0 Å². The van der Waals surface area contributed by atoms with Crippen molar-refractivity contribution < 1.29 is 8.78 Å². The molecule has 0 bridgehead atoms. The summed E-state index contributed by atoms with van der Waals surface area (Å²) in [5.41, 5.74) is 1.49. The molecule has 0 aliphatic carbocycles. The molecule has 204 valence electrons. The monoisotopic (exact) mass is 574 g/mol. The van der Waals surface area contributed by atoms with Crippen LogP contribution in [-0.2, 0) is 0 Å². The first kappa shape index (κ1) is 22.4. The molecular weight excluding hydrogens is 562 g/mol. The van der Waals surface area contributed by atoms with Crippen molar-refractivity contribution in [1.82, 2.24) is 28.7 Å². The first-order chi connectivity index (χ1) is 21.5. The Morgan fingerprint density at radius 3 is 1.23 bits per heavy atom. The Kier molecular flexibility index (Phi) is 3.60. The Labute approximate surface area is 241 Å². The second kappa shape index (κ2) is 7.07. The fraction of sp³-hybridized carbons (Fsp3) is 0. The Balaban J connectivity index is 1.38. The van der Waals surface area contributed by atoms with E-state index in [9.17, 15) is 18.4 Å². The standard InChI is InChI=1S/C34H12F2N6O2/c35-13-9-23-29(37-11-13)39-31-19-5-1-15-16-2-6-20-28-22(34(44)42-24-10-14(36)12-38-30(24)40-32(20)42)8-4-18(26(16)28)17-3-7-21(27(19)25(15)17)33(43)41(23)31/h1-12H. The predicted molar refractivity (Wildman–Crippen MR) is 166 cm³/mol. The van der Waals surface area contributed by atoms with Crippen LogP contribution in [-0.4, -0.2) is 28.7 Å². The summed E-state index contributed by atoms with van der Waals surface area (Å²) in [6.07, 6.45) is 2.19. The number of pyridine rings is 4. The summed E-state index contributed by atoms with van der Waals surface area (Å²) in [5.74, 6) is -1.09. The van der Waals surface area contributed by atoms with Crippen molar-refractivity contribution >= 4 is 98.3 Å². The van der Waals surface area contributed by atoms with Gasteiger partial charge in [-0.1, -0.05) is 24.3 Å². The van der Waals surface area contributed by atoms with Crippen LogP contribution in [0.25, 0.3) is 98.3 Å². The Bertz CT molecular complexity index is 3000. The first-order valence-corrected chi connectivity index (χ1v) is 13.9. The van der Waals surface area contributed by atoms with Gasteiger partial charge in [0, 0.05) is 44.5 Å². The number of fused-ring (bicyclic) bond motifs is 10. The maximum Gasteiger partial charge on any atom is 0.264 e. The summed E-state index contributed by atoms with van der Waals surface area (Å²) in [7, 11) is 0. The highest BCUT2D eigenvalue weighted by molar-refractivity contribution is 6.40. The zero-order valence-electron chi connectivity index (χ0n) is 22.2. The van der Waals surface area contributed by atoms with Crippen LogP contribution in [0.15, 0.2) is 82.6 Å². The summed E-state index contributed by atoms with van der Waals surface area (Å²) < 4.78 is 31.2. The van der Waals surface area contributed by atoms with Crippen LogP contribution in [0.5, 0.6) is 0 Å². The molecule has 0 fully saturated rings. The van der Waals surface area contributed by atoms with Gasteiger partial charge in [0.1, 0.15) is 11.6 Å². The van der Waals surface area contributed by atoms with Crippen molar-refractivity contribution in [3.63, 3.8) is 0 Å². The Hall–Kier alpha value is -6.16. The van der Waals surface area contributed by atoms with E-state index in [0.29, 0.717) is 44.4 Å². The molecule has 6 aromatic heterocycles. The van der Waals surface area contributed by atoms with E-state index in [1.807, 2.05) is 36.4 Å². The average Bonchev–Trinajstić information content (AvgIpc) is 3.60. The van der Waals surface area contributed by atoms with E-state index >= 15 is 0 Å². The van der Waals surface area contributed by atoms with Gasteiger partial charge in [0.05, 0.1) is 23.4 Å². The lowest BCUT2D eigenvalue weighted by Gasteiger charge is -2.18. The van der Waals surface area contributed by atoms with Gasteiger partial charge in [-0.15, -0.1) is 0 Å². The number of hydrogen-bond donors (Lipinski definition) is 0. The lowest BCUT2D eigenvalue weighted by atomic mass is 9.86. The van der Waals surface area contributed by atoms with E-state index in [-0.39, 0.29) is 11.1 Å². The first-order valence-electron chi connectivity index (χ1n) is 13.9. The minimum Gasteiger partial charge on any atom is -0.268 e. The zero-order chi connectivity index (χ0) is 29.2. The number of rotatable bonds is 0. The van der Waals surface area contributed by atoms with Gasteiger partial charge in [-0.2, -0.15) is 0 Å². The number of hydrogen-bond acceptors (Lipinski definition) is 6. The van der Waals surface area contributed by atoms with Crippen molar-refractivity contribution in [2.24, 2.45) is 0 Å². The molecule has 6 heterocycles. The van der Waals surface area contributed by atoms with Crippen LogP contribution >= 0.6 is 0 Å². The average molecular weight is 575 g/mol. The summed E-state index contributed by atoms with van der Waals surface area (Å²) in [4.78, 5) is 45.4. The highest BCUT2D eigenvalue weighted by atomic mass is 19.1. The van der Waals surface area contributed by atoms with E-state index in [4.69, 9.17) is 0 Å². The molecule has 0 saturated heterocycles. The second-order valence-corrected chi connectivity index (χ2v) is 11.3. The molecule has 0 aliphatic heterocycles. The molecule has 44 heavy (non-hydrogen) atoms. The van der Waals surface area contributed by atoms with Crippen molar-refractivity contribution in [3.05, 3.63) is 105 Å². The maximum absolute atomic E-state index is 14.1. The molecule has 0 amide bonds. The highest BCUT2D eigenvalue weighted by Gasteiger charge is 2.24. The lowest BCUT2D eigenvalue weighted by molar-refractivity contribution is 0.623. The molecule has 5 aromatic carbocycles. The molecule has 0 aliphatic rings. The zero-order valence-corrected chi connectivity index (χ0v) is 22.2. The molecule has 0 atom stereocenters. The molecule has 0 N–H and O–H groups in total. The van der Waals surface area contributed by atoms with Crippen LogP contribution in [0.3, 0.4) is 0 Å². The fourth-order valence-corrected chi connectivity index (χ4v) is 7.50. The van der Waals surface area contributed by atoms with Crippen molar-refractivity contribution in [2.45, 2.75) is 0 Å². The van der Waals surface area contributed by atoms with Crippen LogP contribution in [0.1, 0.15) is 0 Å². The molecular formula is C34H12F2N6O2. The van der Waals surface area contributed by atoms with Crippen LogP contribution < -0.4 is 11.1 Å². The van der Waals surface area contributed by atoms with E-state index in [0.717, 1.165) is 66.3 Å². The third kappa shape index (κ3) is 2.36. The minimum atomic E-state index is -0.543. The Morgan fingerprint density at radius 2 is 0.818 bits per heavy atom. The number of imidazole rings is 2. The molecule has 0 radical (unpaired) electrons. The van der Waals surface area contributed by atoms with E-state index in [1.165, 1.54) is 20.9 Å². The molecule has 10 heteroatoms. The Morgan fingerprint density at radius 1 is 0.477 bits per heavy atom. The van der Waals surface area contributed by atoms with Gasteiger partial charge in [0.25, 0.3) is 11.1 Å². The van der Waals surface area contributed by atoms with Gasteiger partial charge in [-0.05, 0) is 56.6 Å². The normalized spacial score (nSPS) is 13.0. The highest BCUT2D eigenvalue weighted by Crippen LogP contribution is 2.45. The minimum absolute atomic E-state index is 0.295. The topological polar surface area (TPSA) is 94.5 Å². The van der Waals surface area contributed by atoms with Gasteiger partial charge in [-0.25, -0.2) is 28.7 Å². The number of halogens is 2. The number of aromatic nitrogens is 6. The smallest absolute Gasteiger partial charge is 0.264 e.